The van der Waals surface area contributed by atoms with Gasteiger partial charge in [0.15, 0.2) is 0 Å². The smallest absolute Gasteiger partial charge is 0.326 e. The molecule has 41 heavy (non-hydrogen) atoms. The number of aromatic amines is 2. The highest BCUT2D eigenvalue weighted by molar-refractivity contribution is 5.94. The van der Waals surface area contributed by atoms with Crippen molar-refractivity contribution in [2.45, 2.75) is 37.4 Å². The number of carboxylic acid groups (broad SMARTS) is 1. The first-order chi connectivity index (χ1) is 19.6. The molecule has 0 saturated heterocycles. The van der Waals surface area contributed by atoms with Crippen molar-refractivity contribution in [1.82, 2.24) is 25.9 Å². The highest BCUT2D eigenvalue weighted by Gasteiger charge is 2.28. The summed E-state index contributed by atoms with van der Waals surface area (Å²) in [6.07, 6.45) is 3.06. The molecule has 3 unspecified atom stereocenters. The van der Waals surface area contributed by atoms with E-state index in [2.05, 4.69) is 25.9 Å². The molecular formula is C28H31N7O6. The van der Waals surface area contributed by atoms with Gasteiger partial charge in [-0.2, -0.15) is 0 Å². The van der Waals surface area contributed by atoms with Gasteiger partial charge in [-0.3, -0.25) is 19.2 Å². The van der Waals surface area contributed by atoms with Gasteiger partial charge in [0.1, 0.15) is 12.1 Å². The molecule has 0 aliphatic rings. The van der Waals surface area contributed by atoms with Gasteiger partial charge in [-0.05, 0) is 23.3 Å². The van der Waals surface area contributed by atoms with E-state index in [1.54, 1.807) is 12.4 Å². The Labute approximate surface area is 234 Å². The highest BCUT2D eigenvalue weighted by Crippen LogP contribution is 2.21. The second kappa shape index (κ2) is 12.8. The van der Waals surface area contributed by atoms with Crippen LogP contribution in [0.15, 0.2) is 60.9 Å². The van der Waals surface area contributed by atoms with Crippen LogP contribution in [0.2, 0.25) is 0 Å². The molecule has 0 aliphatic carbocycles. The molecule has 4 rings (SSSR count). The molecule has 0 bridgehead atoms. The summed E-state index contributed by atoms with van der Waals surface area (Å²) in [6, 6.07) is 11.1. The van der Waals surface area contributed by atoms with Gasteiger partial charge in [-0.1, -0.05) is 36.4 Å². The van der Waals surface area contributed by atoms with Crippen LogP contribution >= 0.6 is 0 Å². The predicted octanol–water partition coefficient (Wildman–Crippen LogP) is -0.192. The summed E-state index contributed by atoms with van der Waals surface area (Å²) in [6.45, 7) is -0.527. The van der Waals surface area contributed by atoms with Gasteiger partial charge in [-0.15, -0.1) is 0 Å². The van der Waals surface area contributed by atoms with Gasteiger partial charge in [-0.25, -0.2) is 4.79 Å². The zero-order valence-electron chi connectivity index (χ0n) is 22.0. The average Bonchev–Trinajstić information content (AvgIpc) is 3.54. The SMILES string of the molecule is NC(=O)CC(N)C(=O)NCC(=O)NC(Cc1c[nH]c2ccccc12)C(=O)NC(Cc1c[nH]c2ccccc12)C(=O)O. The van der Waals surface area contributed by atoms with Crippen LogP contribution in [0, 0.1) is 0 Å². The van der Waals surface area contributed by atoms with E-state index < -0.39 is 60.7 Å². The molecule has 4 aromatic rings. The van der Waals surface area contributed by atoms with Crippen molar-refractivity contribution in [3.8, 4) is 0 Å². The molecule has 0 radical (unpaired) electrons. The van der Waals surface area contributed by atoms with E-state index in [0.29, 0.717) is 5.56 Å². The number of amides is 4. The third-order valence-corrected chi connectivity index (χ3v) is 6.65. The van der Waals surface area contributed by atoms with Crippen molar-refractivity contribution in [3.05, 3.63) is 72.1 Å². The molecule has 4 amide bonds. The second-order valence-electron chi connectivity index (χ2n) is 9.64. The van der Waals surface area contributed by atoms with Crippen molar-refractivity contribution >= 4 is 51.4 Å². The number of primary amides is 1. The van der Waals surface area contributed by atoms with E-state index in [1.165, 1.54) is 0 Å². The molecule has 0 fully saturated rings. The van der Waals surface area contributed by atoms with Crippen molar-refractivity contribution in [2.75, 3.05) is 6.54 Å². The summed E-state index contributed by atoms with van der Waals surface area (Å²) in [4.78, 5) is 67.6. The summed E-state index contributed by atoms with van der Waals surface area (Å²) >= 11 is 0. The maximum absolute atomic E-state index is 13.4. The van der Waals surface area contributed by atoms with E-state index in [0.717, 1.165) is 27.4 Å². The number of para-hydroxylation sites is 2. The third-order valence-electron chi connectivity index (χ3n) is 6.65. The molecule has 13 heteroatoms. The number of hydrogen-bond acceptors (Lipinski definition) is 6. The molecule has 13 nitrogen and oxygen atoms in total. The normalized spacial score (nSPS) is 13.3. The topological polar surface area (TPSA) is 225 Å². The molecule has 2 aromatic heterocycles. The van der Waals surface area contributed by atoms with E-state index >= 15 is 0 Å². The Morgan fingerprint density at radius 3 is 1.85 bits per heavy atom. The number of rotatable bonds is 13. The van der Waals surface area contributed by atoms with Crippen molar-refractivity contribution in [3.63, 3.8) is 0 Å². The number of carbonyl (C=O) groups excluding carboxylic acids is 4. The van der Waals surface area contributed by atoms with E-state index in [1.807, 2.05) is 48.5 Å². The average molecular weight is 562 g/mol. The van der Waals surface area contributed by atoms with E-state index in [9.17, 15) is 29.1 Å². The molecule has 0 spiro atoms. The number of benzene rings is 2. The fourth-order valence-electron chi connectivity index (χ4n) is 4.58. The molecule has 0 aliphatic heterocycles. The van der Waals surface area contributed by atoms with Gasteiger partial charge in [0.2, 0.25) is 23.6 Å². The van der Waals surface area contributed by atoms with Gasteiger partial charge in [0, 0.05) is 47.0 Å². The third kappa shape index (κ3) is 7.28. The number of nitrogens with two attached hydrogens (primary N) is 2. The summed E-state index contributed by atoms with van der Waals surface area (Å²) in [5.74, 6) is -4.20. The van der Waals surface area contributed by atoms with Crippen LogP contribution in [0.5, 0.6) is 0 Å². The number of H-pyrrole nitrogens is 2. The number of carboxylic acids is 1. The first kappa shape index (κ1) is 28.8. The van der Waals surface area contributed by atoms with Gasteiger partial charge >= 0.3 is 5.97 Å². The zero-order chi connectivity index (χ0) is 29.5. The lowest BCUT2D eigenvalue weighted by molar-refractivity contribution is -0.142. The maximum Gasteiger partial charge on any atom is 0.326 e. The van der Waals surface area contributed by atoms with E-state index in [-0.39, 0.29) is 12.8 Å². The van der Waals surface area contributed by atoms with Crippen LogP contribution < -0.4 is 27.4 Å². The number of fused-ring (bicyclic) bond motifs is 2. The summed E-state index contributed by atoms with van der Waals surface area (Å²) in [5.41, 5.74) is 13.7. The quantitative estimate of drug-likeness (QED) is 0.110. The Morgan fingerprint density at radius 2 is 1.32 bits per heavy atom. The Bertz CT molecular complexity index is 1590. The molecule has 0 saturated carbocycles. The lowest BCUT2D eigenvalue weighted by Crippen LogP contribution is -2.55. The van der Waals surface area contributed by atoms with Gasteiger partial charge in [0.25, 0.3) is 0 Å². The predicted molar refractivity (Wildman–Crippen MR) is 150 cm³/mol. The Hall–Kier alpha value is -5.17. The molecule has 10 N–H and O–H groups in total. The van der Waals surface area contributed by atoms with Crippen LogP contribution in [-0.2, 0) is 36.8 Å². The molecule has 2 heterocycles. The lowest BCUT2D eigenvalue weighted by Gasteiger charge is -2.22. The van der Waals surface area contributed by atoms with Crippen LogP contribution in [0.25, 0.3) is 21.8 Å². The van der Waals surface area contributed by atoms with Crippen LogP contribution in [0.3, 0.4) is 0 Å². The van der Waals surface area contributed by atoms with Crippen LogP contribution in [-0.4, -0.2) is 69.3 Å². The summed E-state index contributed by atoms with van der Waals surface area (Å²) < 4.78 is 0. The number of aromatic nitrogens is 2. The number of hydrogen-bond donors (Lipinski definition) is 8. The minimum Gasteiger partial charge on any atom is -0.480 e. The van der Waals surface area contributed by atoms with E-state index in [4.69, 9.17) is 11.5 Å². The Kier molecular flexibility index (Phi) is 8.99. The minimum absolute atomic E-state index is 0.00659. The highest BCUT2D eigenvalue weighted by atomic mass is 16.4. The van der Waals surface area contributed by atoms with Crippen molar-refractivity contribution < 1.29 is 29.1 Å². The first-order valence-corrected chi connectivity index (χ1v) is 12.9. The lowest BCUT2D eigenvalue weighted by atomic mass is 10.0. The van der Waals surface area contributed by atoms with Crippen LogP contribution in [0.4, 0.5) is 0 Å². The maximum atomic E-state index is 13.4. The fourth-order valence-corrected chi connectivity index (χ4v) is 4.58. The Morgan fingerprint density at radius 1 is 0.780 bits per heavy atom. The molecule has 2 aromatic carbocycles. The second-order valence-corrected chi connectivity index (χ2v) is 9.64. The minimum atomic E-state index is -1.28. The first-order valence-electron chi connectivity index (χ1n) is 12.9. The zero-order valence-corrected chi connectivity index (χ0v) is 22.0. The number of nitrogens with one attached hydrogen (secondary N) is 5. The Balaban J connectivity index is 1.50. The molecular weight excluding hydrogens is 530 g/mol. The molecule has 214 valence electrons. The van der Waals surface area contributed by atoms with Crippen LogP contribution in [0.1, 0.15) is 17.5 Å². The number of carbonyl (C=O) groups is 5. The van der Waals surface area contributed by atoms with Gasteiger partial charge < -0.3 is 42.5 Å². The van der Waals surface area contributed by atoms with Crippen molar-refractivity contribution in [2.24, 2.45) is 11.5 Å². The fraction of sp³-hybridized carbons (Fsp3) is 0.250. The standard InChI is InChI=1S/C28H31N7O6/c29-19(11-24(30)36)26(38)33-14-25(37)34-22(9-15-12-31-20-7-3-1-5-17(15)20)27(39)35-23(28(40)41)10-16-13-32-21-8-4-2-6-18(16)21/h1-8,12-13,19,22-23,31-32H,9-11,14,29H2,(H2,30,36)(H,33,38)(H,34,37)(H,35,39)(H,40,41). The molecule has 3 atom stereocenters. The monoisotopic (exact) mass is 561 g/mol. The number of aliphatic carboxylic acids is 1. The van der Waals surface area contributed by atoms with Gasteiger partial charge in [0.05, 0.1) is 19.0 Å². The summed E-state index contributed by atoms with van der Waals surface area (Å²) in [5, 5.41) is 19.0. The van der Waals surface area contributed by atoms with Crippen molar-refractivity contribution in [1.29, 1.82) is 0 Å². The summed E-state index contributed by atoms with van der Waals surface area (Å²) in [7, 11) is 0. The largest absolute Gasteiger partial charge is 0.480 e.